The third-order valence-corrected chi connectivity index (χ3v) is 1.62. The Labute approximate surface area is 71.1 Å². The zero-order valence-corrected chi connectivity index (χ0v) is 7.13. The Bertz CT molecular complexity index is 307. The summed E-state index contributed by atoms with van der Waals surface area (Å²) in [7, 11) is 1.51. The molecule has 12 heavy (non-hydrogen) atoms. The van der Waals surface area contributed by atoms with E-state index in [1.165, 1.54) is 7.11 Å². The van der Waals surface area contributed by atoms with Gasteiger partial charge in [-0.1, -0.05) is 11.6 Å². The molecule has 0 aromatic heterocycles. The first kappa shape index (κ1) is 8.59. The maximum atomic E-state index is 10.9. The molecule has 0 unspecified atom stereocenters. The topological polar surface area (TPSA) is 52.3 Å². The van der Waals surface area contributed by atoms with Crippen molar-refractivity contribution in [3.63, 3.8) is 0 Å². The number of hydrogen-bond acceptors (Lipinski definition) is 2. The second-order valence-electron chi connectivity index (χ2n) is 2.57. The highest BCUT2D eigenvalue weighted by molar-refractivity contribution is 5.95. The van der Waals surface area contributed by atoms with Gasteiger partial charge in [0.15, 0.2) is 0 Å². The summed E-state index contributed by atoms with van der Waals surface area (Å²) in [6.45, 7) is 1.89. The molecule has 0 bridgehead atoms. The summed E-state index contributed by atoms with van der Waals surface area (Å²) in [5.41, 5.74) is 6.56. The molecule has 0 atom stereocenters. The minimum Gasteiger partial charge on any atom is -0.496 e. The zero-order chi connectivity index (χ0) is 9.14. The quantitative estimate of drug-likeness (QED) is 0.713. The molecule has 0 aliphatic rings. The number of nitrogens with two attached hydrogens (primary N) is 1. The number of carbonyl (C=O) groups is 1. The van der Waals surface area contributed by atoms with Crippen LogP contribution in [0.5, 0.6) is 5.75 Å². The van der Waals surface area contributed by atoms with Crippen LogP contribution in [-0.4, -0.2) is 13.0 Å². The van der Waals surface area contributed by atoms with Crippen LogP contribution < -0.4 is 10.5 Å². The molecule has 1 rings (SSSR count). The van der Waals surface area contributed by atoms with Crippen molar-refractivity contribution in [3.05, 3.63) is 29.3 Å². The first-order valence-corrected chi connectivity index (χ1v) is 3.59. The SMILES string of the molecule is COc1ccc(C)cc1C(N)=O. The highest BCUT2D eigenvalue weighted by Crippen LogP contribution is 2.18. The highest BCUT2D eigenvalue weighted by Gasteiger charge is 2.07. The van der Waals surface area contributed by atoms with Crippen LogP contribution >= 0.6 is 0 Å². The number of methoxy groups -OCH3 is 1. The maximum Gasteiger partial charge on any atom is 0.252 e. The molecule has 3 heteroatoms. The van der Waals surface area contributed by atoms with E-state index in [0.717, 1.165) is 5.56 Å². The van der Waals surface area contributed by atoms with E-state index in [2.05, 4.69) is 0 Å². The normalized spacial score (nSPS) is 9.50. The fourth-order valence-electron chi connectivity index (χ4n) is 1.01. The van der Waals surface area contributed by atoms with Crippen LogP contribution in [0.3, 0.4) is 0 Å². The molecule has 0 spiro atoms. The van der Waals surface area contributed by atoms with E-state index in [0.29, 0.717) is 11.3 Å². The molecular weight excluding hydrogens is 154 g/mol. The average Bonchev–Trinajstić information content (AvgIpc) is 2.04. The number of rotatable bonds is 2. The number of ether oxygens (including phenoxy) is 1. The van der Waals surface area contributed by atoms with Gasteiger partial charge in [-0.05, 0) is 19.1 Å². The number of hydrogen-bond donors (Lipinski definition) is 1. The summed E-state index contributed by atoms with van der Waals surface area (Å²) in [4.78, 5) is 10.9. The summed E-state index contributed by atoms with van der Waals surface area (Å²) < 4.78 is 4.96. The van der Waals surface area contributed by atoms with E-state index in [9.17, 15) is 4.79 Å². The molecule has 2 N–H and O–H groups in total. The molecule has 3 nitrogen and oxygen atoms in total. The van der Waals surface area contributed by atoms with E-state index >= 15 is 0 Å². The molecule has 1 aromatic rings. The van der Waals surface area contributed by atoms with Gasteiger partial charge in [0.2, 0.25) is 0 Å². The first-order chi connectivity index (χ1) is 5.65. The molecule has 0 aliphatic heterocycles. The fourth-order valence-corrected chi connectivity index (χ4v) is 1.01. The second kappa shape index (κ2) is 3.26. The predicted molar refractivity (Wildman–Crippen MR) is 46.2 cm³/mol. The average molecular weight is 165 g/mol. The van der Waals surface area contributed by atoms with E-state index in [-0.39, 0.29) is 0 Å². The van der Waals surface area contributed by atoms with Gasteiger partial charge in [0, 0.05) is 0 Å². The van der Waals surface area contributed by atoms with Crippen LogP contribution in [0, 0.1) is 6.92 Å². The number of aryl methyl sites for hydroxylation is 1. The lowest BCUT2D eigenvalue weighted by Gasteiger charge is -2.05. The number of primary amides is 1. The maximum absolute atomic E-state index is 10.9. The summed E-state index contributed by atoms with van der Waals surface area (Å²) in [6, 6.07) is 5.31. The van der Waals surface area contributed by atoms with Crippen molar-refractivity contribution in [1.29, 1.82) is 0 Å². The Hall–Kier alpha value is -1.51. The first-order valence-electron chi connectivity index (χ1n) is 3.59. The van der Waals surface area contributed by atoms with Crippen LogP contribution in [0.2, 0.25) is 0 Å². The molecule has 0 radical (unpaired) electrons. The van der Waals surface area contributed by atoms with Gasteiger partial charge in [-0.15, -0.1) is 0 Å². The van der Waals surface area contributed by atoms with Gasteiger partial charge in [0.05, 0.1) is 12.7 Å². The van der Waals surface area contributed by atoms with Crippen LogP contribution in [0.25, 0.3) is 0 Å². The smallest absolute Gasteiger partial charge is 0.252 e. The fraction of sp³-hybridized carbons (Fsp3) is 0.222. The molecule has 0 saturated carbocycles. The standard InChI is InChI=1S/C9H11NO2/c1-6-3-4-8(12-2)7(5-6)9(10)11/h3-5H,1-2H3,(H2,10,11). The highest BCUT2D eigenvalue weighted by atomic mass is 16.5. The number of amides is 1. The monoisotopic (exact) mass is 165 g/mol. The Morgan fingerprint density at radius 3 is 2.67 bits per heavy atom. The van der Waals surface area contributed by atoms with E-state index < -0.39 is 5.91 Å². The van der Waals surface area contributed by atoms with Crippen molar-refractivity contribution < 1.29 is 9.53 Å². The van der Waals surface area contributed by atoms with Crippen LogP contribution in [-0.2, 0) is 0 Å². The van der Waals surface area contributed by atoms with E-state index in [1.54, 1.807) is 12.1 Å². The van der Waals surface area contributed by atoms with E-state index in [1.807, 2.05) is 13.0 Å². The lowest BCUT2D eigenvalue weighted by Crippen LogP contribution is -2.12. The van der Waals surface area contributed by atoms with Crippen molar-refractivity contribution in [1.82, 2.24) is 0 Å². The zero-order valence-electron chi connectivity index (χ0n) is 7.13. The largest absolute Gasteiger partial charge is 0.496 e. The van der Waals surface area contributed by atoms with Gasteiger partial charge in [-0.3, -0.25) is 4.79 Å². The van der Waals surface area contributed by atoms with Crippen LogP contribution in [0.4, 0.5) is 0 Å². The molecular formula is C9H11NO2. The third kappa shape index (κ3) is 1.56. The van der Waals surface area contributed by atoms with Crippen molar-refractivity contribution in [2.75, 3.05) is 7.11 Å². The summed E-state index contributed by atoms with van der Waals surface area (Å²) in [6.07, 6.45) is 0. The van der Waals surface area contributed by atoms with E-state index in [4.69, 9.17) is 10.5 Å². The number of benzene rings is 1. The molecule has 0 fully saturated rings. The van der Waals surface area contributed by atoms with Gasteiger partial charge in [0.1, 0.15) is 5.75 Å². The summed E-state index contributed by atoms with van der Waals surface area (Å²) in [5, 5.41) is 0. The van der Waals surface area contributed by atoms with Gasteiger partial charge in [-0.2, -0.15) is 0 Å². The molecule has 0 aliphatic carbocycles. The van der Waals surface area contributed by atoms with Crippen molar-refractivity contribution in [2.45, 2.75) is 6.92 Å². The Morgan fingerprint density at radius 2 is 2.17 bits per heavy atom. The van der Waals surface area contributed by atoms with Crippen molar-refractivity contribution >= 4 is 5.91 Å². The van der Waals surface area contributed by atoms with Crippen molar-refractivity contribution in [3.8, 4) is 5.75 Å². The lowest BCUT2D eigenvalue weighted by atomic mass is 10.1. The Balaban J connectivity index is 3.21. The van der Waals surface area contributed by atoms with Crippen LogP contribution in [0.1, 0.15) is 15.9 Å². The number of carbonyl (C=O) groups excluding carboxylic acids is 1. The lowest BCUT2D eigenvalue weighted by molar-refractivity contribution is 0.0997. The second-order valence-corrected chi connectivity index (χ2v) is 2.57. The molecule has 64 valence electrons. The van der Waals surface area contributed by atoms with Crippen molar-refractivity contribution in [2.24, 2.45) is 5.73 Å². The molecule has 0 saturated heterocycles. The Morgan fingerprint density at radius 1 is 1.50 bits per heavy atom. The molecule has 0 heterocycles. The van der Waals surface area contributed by atoms with Crippen LogP contribution in [0.15, 0.2) is 18.2 Å². The third-order valence-electron chi connectivity index (χ3n) is 1.62. The van der Waals surface area contributed by atoms with Gasteiger partial charge in [-0.25, -0.2) is 0 Å². The summed E-state index contributed by atoms with van der Waals surface area (Å²) in [5.74, 6) is 0.0589. The predicted octanol–water partition coefficient (Wildman–Crippen LogP) is 1.10. The van der Waals surface area contributed by atoms with Gasteiger partial charge < -0.3 is 10.5 Å². The minimum absolute atomic E-state index is 0.428. The van der Waals surface area contributed by atoms with Gasteiger partial charge >= 0.3 is 0 Å². The minimum atomic E-state index is -0.462. The summed E-state index contributed by atoms with van der Waals surface area (Å²) >= 11 is 0. The molecule has 1 amide bonds. The Kier molecular flexibility index (Phi) is 2.33. The molecule has 1 aromatic carbocycles. The van der Waals surface area contributed by atoms with Gasteiger partial charge in [0.25, 0.3) is 5.91 Å².